The number of halogens is 2. The Morgan fingerprint density at radius 3 is 2.86 bits per heavy atom. The minimum atomic E-state index is -0.794. The molecule has 0 fully saturated rings. The van der Waals surface area contributed by atoms with Crippen LogP contribution >= 0.6 is 11.6 Å². The SMILES string of the molecule is CCOC(=O)c1ccc(N)c(F)c1Cl. The van der Waals surface area contributed by atoms with Crippen molar-refractivity contribution in [2.45, 2.75) is 6.92 Å². The molecule has 0 spiro atoms. The maximum absolute atomic E-state index is 13.1. The third-order valence-electron chi connectivity index (χ3n) is 1.61. The lowest BCUT2D eigenvalue weighted by Gasteiger charge is -2.05. The van der Waals surface area contributed by atoms with E-state index in [1.807, 2.05) is 0 Å². The number of hydrogen-bond donors (Lipinski definition) is 1. The molecular formula is C9H9ClFNO2. The van der Waals surface area contributed by atoms with Crippen LogP contribution in [0.2, 0.25) is 5.02 Å². The van der Waals surface area contributed by atoms with E-state index in [-0.39, 0.29) is 22.9 Å². The van der Waals surface area contributed by atoms with Crippen molar-refractivity contribution in [3.63, 3.8) is 0 Å². The Labute approximate surface area is 85.6 Å². The van der Waals surface area contributed by atoms with Crippen LogP contribution in [0.1, 0.15) is 17.3 Å². The van der Waals surface area contributed by atoms with Crippen molar-refractivity contribution in [3.05, 3.63) is 28.5 Å². The van der Waals surface area contributed by atoms with Crippen LogP contribution in [0.4, 0.5) is 10.1 Å². The first kappa shape index (κ1) is 10.8. The number of carbonyl (C=O) groups is 1. The highest BCUT2D eigenvalue weighted by molar-refractivity contribution is 6.34. The molecule has 0 atom stereocenters. The van der Waals surface area contributed by atoms with Crippen molar-refractivity contribution in [1.82, 2.24) is 0 Å². The van der Waals surface area contributed by atoms with Gasteiger partial charge in [0.2, 0.25) is 0 Å². The van der Waals surface area contributed by atoms with Gasteiger partial charge in [0.25, 0.3) is 0 Å². The van der Waals surface area contributed by atoms with Crippen LogP contribution in [0.5, 0.6) is 0 Å². The van der Waals surface area contributed by atoms with Crippen LogP contribution in [-0.2, 0) is 4.74 Å². The molecule has 1 rings (SSSR count). The summed E-state index contributed by atoms with van der Waals surface area (Å²) in [5.41, 5.74) is 5.14. The average Bonchev–Trinajstić information content (AvgIpc) is 2.15. The molecule has 0 aromatic heterocycles. The van der Waals surface area contributed by atoms with Gasteiger partial charge in [0.15, 0.2) is 5.82 Å². The first-order valence-corrected chi connectivity index (χ1v) is 4.36. The van der Waals surface area contributed by atoms with E-state index in [9.17, 15) is 9.18 Å². The number of nitrogens with two attached hydrogens (primary N) is 1. The molecule has 0 saturated heterocycles. The average molecular weight is 218 g/mol. The first-order valence-electron chi connectivity index (χ1n) is 3.98. The normalized spacial score (nSPS) is 9.93. The maximum atomic E-state index is 13.1. The zero-order chi connectivity index (χ0) is 10.7. The number of benzene rings is 1. The second kappa shape index (κ2) is 4.28. The Morgan fingerprint density at radius 2 is 2.29 bits per heavy atom. The Morgan fingerprint density at radius 1 is 1.64 bits per heavy atom. The molecule has 14 heavy (non-hydrogen) atoms. The zero-order valence-electron chi connectivity index (χ0n) is 7.51. The third-order valence-corrected chi connectivity index (χ3v) is 1.98. The van der Waals surface area contributed by atoms with Crippen LogP contribution in [0.3, 0.4) is 0 Å². The van der Waals surface area contributed by atoms with Crippen LogP contribution < -0.4 is 5.73 Å². The van der Waals surface area contributed by atoms with Gasteiger partial charge in [-0.2, -0.15) is 0 Å². The number of ether oxygens (including phenoxy) is 1. The highest BCUT2D eigenvalue weighted by Crippen LogP contribution is 2.25. The Kier molecular flexibility index (Phi) is 3.30. The minimum Gasteiger partial charge on any atom is -0.462 e. The number of anilines is 1. The number of carbonyl (C=O) groups excluding carboxylic acids is 1. The van der Waals surface area contributed by atoms with Crippen molar-refractivity contribution in [2.24, 2.45) is 0 Å². The van der Waals surface area contributed by atoms with Gasteiger partial charge in [0.05, 0.1) is 22.9 Å². The van der Waals surface area contributed by atoms with Gasteiger partial charge in [-0.3, -0.25) is 0 Å². The molecule has 0 bridgehead atoms. The molecule has 0 radical (unpaired) electrons. The molecule has 0 saturated carbocycles. The van der Waals surface area contributed by atoms with Gasteiger partial charge in [-0.1, -0.05) is 11.6 Å². The van der Waals surface area contributed by atoms with Crippen LogP contribution in [0, 0.1) is 5.82 Å². The summed E-state index contributed by atoms with van der Waals surface area (Å²) in [4.78, 5) is 11.2. The summed E-state index contributed by atoms with van der Waals surface area (Å²) >= 11 is 5.57. The summed E-state index contributed by atoms with van der Waals surface area (Å²) in [5, 5.41) is -0.302. The number of nitrogen functional groups attached to an aromatic ring is 1. The summed E-state index contributed by atoms with van der Waals surface area (Å²) in [6, 6.07) is 2.60. The van der Waals surface area contributed by atoms with Crippen LogP contribution in [0.25, 0.3) is 0 Å². The van der Waals surface area contributed by atoms with E-state index in [2.05, 4.69) is 4.74 Å². The first-order chi connectivity index (χ1) is 6.57. The van der Waals surface area contributed by atoms with Gasteiger partial charge in [-0.05, 0) is 19.1 Å². The van der Waals surface area contributed by atoms with Gasteiger partial charge >= 0.3 is 5.97 Å². The molecule has 2 N–H and O–H groups in total. The predicted octanol–water partition coefficient (Wildman–Crippen LogP) is 2.24. The van der Waals surface area contributed by atoms with Gasteiger partial charge < -0.3 is 10.5 Å². The summed E-state index contributed by atoms with van der Waals surface area (Å²) in [6.45, 7) is 1.86. The Hall–Kier alpha value is -1.29. The van der Waals surface area contributed by atoms with E-state index in [1.54, 1.807) is 6.92 Å². The number of hydrogen-bond acceptors (Lipinski definition) is 3. The number of esters is 1. The van der Waals surface area contributed by atoms with Gasteiger partial charge in [0, 0.05) is 0 Å². The molecule has 0 aliphatic heterocycles. The van der Waals surface area contributed by atoms with E-state index in [4.69, 9.17) is 17.3 Å². The standard InChI is InChI=1S/C9H9ClFNO2/c1-2-14-9(13)5-3-4-6(12)8(11)7(5)10/h3-4H,2,12H2,1H3. The van der Waals surface area contributed by atoms with E-state index in [0.717, 1.165) is 0 Å². The lowest BCUT2D eigenvalue weighted by Crippen LogP contribution is -2.07. The van der Waals surface area contributed by atoms with E-state index >= 15 is 0 Å². The third kappa shape index (κ3) is 1.96. The summed E-state index contributed by atoms with van der Waals surface area (Å²) < 4.78 is 17.8. The van der Waals surface area contributed by atoms with Gasteiger partial charge in [-0.15, -0.1) is 0 Å². The van der Waals surface area contributed by atoms with Crippen molar-refractivity contribution >= 4 is 23.3 Å². The highest BCUT2D eigenvalue weighted by atomic mass is 35.5. The zero-order valence-corrected chi connectivity index (χ0v) is 8.27. The highest BCUT2D eigenvalue weighted by Gasteiger charge is 2.16. The van der Waals surface area contributed by atoms with Crippen LogP contribution in [-0.4, -0.2) is 12.6 Å². The molecule has 3 nitrogen and oxygen atoms in total. The monoisotopic (exact) mass is 217 g/mol. The molecule has 0 amide bonds. The van der Waals surface area contributed by atoms with Crippen molar-refractivity contribution in [3.8, 4) is 0 Å². The lowest BCUT2D eigenvalue weighted by atomic mass is 10.2. The molecule has 1 aromatic carbocycles. The van der Waals surface area contributed by atoms with Crippen LogP contribution in [0.15, 0.2) is 12.1 Å². The fourth-order valence-electron chi connectivity index (χ4n) is 0.931. The van der Waals surface area contributed by atoms with E-state index < -0.39 is 11.8 Å². The van der Waals surface area contributed by atoms with E-state index in [0.29, 0.717) is 0 Å². The largest absolute Gasteiger partial charge is 0.462 e. The molecule has 0 aliphatic rings. The Balaban J connectivity index is 3.11. The quantitative estimate of drug-likeness (QED) is 0.611. The summed E-state index contributed by atoms with van der Waals surface area (Å²) in [5.74, 6) is -1.45. The van der Waals surface area contributed by atoms with Gasteiger partial charge in [-0.25, -0.2) is 9.18 Å². The van der Waals surface area contributed by atoms with Crippen molar-refractivity contribution in [2.75, 3.05) is 12.3 Å². The molecule has 0 aliphatic carbocycles. The van der Waals surface area contributed by atoms with Crippen molar-refractivity contribution in [1.29, 1.82) is 0 Å². The lowest BCUT2D eigenvalue weighted by molar-refractivity contribution is 0.0526. The predicted molar refractivity (Wildman–Crippen MR) is 51.8 cm³/mol. The molecule has 5 heteroatoms. The molecule has 76 valence electrons. The fourth-order valence-corrected chi connectivity index (χ4v) is 1.18. The second-order valence-corrected chi connectivity index (χ2v) is 2.93. The van der Waals surface area contributed by atoms with Gasteiger partial charge in [0.1, 0.15) is 0 Å². The fraction of sp³-hybridized carbons (Fsp3) is 0.222. The maximum Gasteiger partial charge on any atom is 0.339 e. The smallest absolute Gasteiger partial charge is 0.339 e. The number of rotatable bonds is 2. The summed E-state index contributed by atoms with van der Waals surface area (Å²) in [6.07, 6.45) is 0. The molecule has 0 heterocycles. The molecule has 1 aromatic rings. The summed E-state index contributed by atoms with van der Waals surface area (Å²) in [7, 11) is 0. The molecule has 0 unspecified atom stereocenters. The topological polar surface area (TPSA) is 52.3 Å². The van der Waals surface area contributed by atoms with Crippen molar-refractivity contribution < 1.29 is 13.9 Å². The molecular weight excluding hydrogens is 209 g/mol. The Bertz CT molecular complexity index is 368. The van der Waals surface area contributed by atoms with E-state index in [1.165, 1.54) is 12.1 Å². The minimum absolute atomic E-state index is 0.0137. The second-order valence-electron chi connectivity index (χ2n) is 2.55.